The maximum atomic E-state index is 12.9. The van der Waals surface area contributed by atoms with E-state index in [-0.39, 0.29) is 42.2 Å². The molecule has 29 heavy (non-hydrogen) atoms. The number of likely N-dealkylation sites (N-methyl/N-ethyl adjacent to an activating group) is 1. The van der Waals surface area contributed by atoms with Gasteiger partial charge in [0, 0.05) is 13.5 Å². The van der Waals surface area contributed by atoms with E-state index < -0.39 is 42.2 Å². The Labute approximate surface area is 164 Å². The van der Waals surface area contributed by atoms with E-state index in [0.29, 0.717) is 0 Å². The van der Waals surface area contributed by atoms with Gasteiger partial charge in [-0.05, 0) is 18.6 Å². The molecule has 6 amide bonds. The Balaban J connectivity index is 1.75. The Bertz CT molecular complexity index is 927. The first-order chi connectivity index (χ1) is 13.8. The number of carbonyl (C=O) groups is 6. The van der Waals surface area contributed by atoms with Crippen LogP contribution < -0.4 is 20.7 Å². The van der Waals surface area contributed by atoms with Gasteiger partial charge in [0.2, 0.25) is 17.7 Å². The second-order valence-electron chi connectivity index (χ2n) is 6.36. The molecular weight excluding hydrogens is 384 g/mol. The number of hydrogen-bond donors (Lipinski definition) is 3. The molecule has 3 N–H and O–H groups in total. The molecule has 3 rings (SSSR count). The fourth-order valence-electron chi connectivity index (χ4n) is 3.07. The molecule has 1 aromatic rings. The van der Waals surface area contributed by atoms with Gasteiger partial charge in [0.05, 0.1) is 17.7 Å². The standard InChI is InChI=1S/C18H18N4O7/c1-19-13(24)7-20-14(25)8-29-11-4-2-3-9-15(11)18(28)22(17(9)27)10-5-6-12(23)21-16(10)26/h2-4,10H,5-8H2,1H3,(H,19,24)(H,20,25)(H,21,23,26). The van der Waals surface area contributed by atoms with Crippen LogP contribution in [0.15, 0.2) is 18.2 Å². The van der Waals surface area contributed by atoms with Gasteiger partial charge >= 0.3 is 0 Å². The van der Waals surface area contributed by atoms with Gasteiger partial charge < -0.3 is 15.4 Å². The predicted octanol–water partition coefficient (Wildman–Crippen LogP) is -1.67. The van der Waals surface area contributed by atoms with Gasteiger partial charge in [0.15, 0.2) is 6.61 Å². The molecule has 0 spiro atoms. The largest absolute Gasteiger partial charge is 0.483 e. The Hall–Kier alpha value is -3.76. The van der Waals surface area contributed by atoms with Gasteiger partial charge in [-0.15, -0.1) is 0 Å². The summed E-state index contributed by atoms with van der Waals surface area (Å²) in [5.74, 6) is -3.56. The van der Waals surface area contributed by atoms with Gasteiger partial charge in [0.25, 0.3) is 17.7 Å². The van der Waals surface area contributed by atoms with Gasteiger partial charge in [-0.1, -0.05) is 6.07 Å². The monoisotopic (exact) mass is 402 g/mol. The van der Waals surface area contributed by atoms with Crippen molar-refractivity contribution in [1.82, 2.24) is 20.9 Å². The number of amides is 6. The van der Waals surface area contributed by atoms with Crippen LogP contribution in [0.4, 0.5) is 0 Å². The van der Waals surface area contributed by atoms with Crippen LogP contribution in [0.3, 0.4) is 0 Å². The predicted molar refractivity (Wildman–Crippen MR) is 95.7 cm³/mol. The lowest BCUT2D eigenvalue weighted by atomic mass is 10.0. The fourth-order valence-corrected chi connectivity index (χ4v) is 3.07. The molecule has 0 saturated carbocycles. The topological polar surface area (TPSA) is 151 Å². The van der Waals surface area contributed by atoms with E-state index in [1.54, 1.807) is 0 Å². The summed E-state index contributed by atoms with van der Waals surface area (Å²) in [4.78, 5) is 72.7. The zero-order valence-electron chi connectivity index (χ0n) is 15.4. The molecular formula is C18H18N4O7. The number of fused-ring (bicyclic) bond motifs is 1. The van der Waals surface area contributed by atoms with Gasteiger partial charge in [-0.25, -0.2) is 0 Å². The third-order valence-corrected chi connectivity index (χ3v) is 4.51. The normalized spacial score (nSPS) is 18.2. The minimum atomic E-state index is -1.09. The maximum Gasteiger partial charge on any atom is 0.266 e. The molecule has 11 heteroatoms. The van der Waals surface area contributed by atoms with E-state index >= 15 is 0 Å². The Morgan fingerprint density at radius 1 is 1.17 bits per heavy atom. The first-order valence-electron chi connectivity index (χ1n) is 8.78. The molecule has 1 saturated heterocycles. The lowest BCUT2D eigenvalue weighted by Gasteiger charge is -2.27. The van der Waals surface area contributed by atoms with Crippen molar-refractivity contribution >= 4 is 35.4 Å². The number of imide groups is 2. The number of nitrogens with one attached hydrogen (secondary N) is 3. The third-order valence-electron chi connectivity index (χ3n) is 4.51. The minimum Gasteiger partial charge on any atom is -0.483 e. The molecule has 2 heterocycles. The van der Waals surface area contributed by atoms with Crippen molar-refractivity contribution in [2.45, 2.75) is 18.9 Å². The van der Waals surface area contributed by atoms with Crippen molar-refractivity contribution in [3.8, 4) is 5.75 Å². The molecule has 0 radical (unpaired) electrons. The van der Waals surface area contributed by atoms with Crippen molar-refractivity contribution in [1.29, 1.82) is 0 Å². The van der Waals surface area contributed by atoms with Crippen LogP contribution in [0.5, 0.6) is 5.75 Å². The van der Waals surface area contributed by atoms with Crippen LogP contribution in [0, 0.1) is 0 Å². The summed E-state index contributed by atoms with van der Waals surface area (Å²) < 4.78 is 5.38. The molecule has 2 aliphatic rings. The number of rotatable bonds is 6. The summed E-state index contributed by atoms with van der Waals surface area (Å²) in [5, 5.41) is 6.80. The highest BCUT2D eigenvalue weighted by Crippen LogP contribution is 2.33. The van der Waals surface area contributed by atoms with Gasteiger partial charge in [0.1, 0.15) is 11.8 Å². The van der Waals surface area contributed by atoms with Crippen LogP contribution in [0.25, 0.3) is 0 Å². The molecule has 0 aliphatic carbocycles. The van der Waals surface area contributed by atoms with E-state index in [1.807, 2.05) is 0 Å². The van der Waals surface area contributed by atoms with Gasteiger partial charge in [-0.3, -0.25) is 39.0 Å². The highest BCUT2D eigenvalue weighted by atomic mass is 16.5. The summed E-state index contributed by atoms with van der Waals surface area (Å²) >= 11 is 0. The molecule has 1 atom stereocenters. The summed E-state index contributed by atoms with van der Waals surface area (Å²) in [5.41, 5.74) is -0.00994. The Kier molecular flexibility index (Phi) is 5.57. The second kappa shape index (κ2) is 8.09. The zero-order valence-corrected chi connectivity index (χ0v) is 15.4. The highest BCUT2D eigenvalue weighted by molar-refractivity contribution is 6.24. The first-order valence-corrected chi connectivity index (χ1v) is 8.78. The molecule has 0 aromatic heterocycles. The highest BCUT2D eigenvalue weighted by Gasteiger charge is 2.46. The number of carbonyl (C=O) groups excluding carboxylic acids is 6. The number of hydrogen-bond acceptors (Lipinski definition) is 7. The summed E-state index contributed by atoms with van der Waals surface area (Å²) in [6.45, 7) is -0.709. The summed E-state index contributed by atoms with van der Waals surface area (Å²) in [6, 6.07) is 3.23. The number of ether oxygens (including phenoxy) is 1. The van der Waals surface area contributed by atoms with E-state index in [0.717, 1.165) is 4.90 Å². The van der Waals surface area contributed by atoms with Crippen LogP contribution in [-0.4, -0.2) is 66.6 Å². The van der Waals surface area contributed by atoms with E-state index in [1.165, 1.54) is 25.2 Å². The smallest absolute Gasteiger partial charge is 0.266 e. The lowest BCUT2D eigenvalue weighted by molar-refractivity contribution is -0.136. The summed E-state index contributed by atoms with van der Waals surface area (Å²) in [6.07, 6.45) is 0.0485. The van der Waals surface area contributed by atoms with Crippen molar-refractivity contribution in [2.75, 3.05) is 20.2 Å². The van der Waals surface area contributed by atoms with Crippen LogP contribution >= 0.6 is 0 Å². The van der Waals surface area contributed by atoms with Crippen LogP contribution in [-0.2, 0) is 19.2 Å². The molecule has 2 aliphatic heterocycles. The fraction of sp³-hybridized carbons (Fsp3) is 0.333. The molecule has 152 valence electrons. The van der Waals surface area contributed by atoms with Crippen molar-refractivity contribution in [3.63, 3.8) is 0 Å². The number of benzene rings is 1. The van der Waals surface area contributed by atoms with Crippen molar-refractivity contribution in [2.24, 2.45) is 0 Å². The van der Waals surface area contributed by atoms with Crippen LogP contribution in [0.2, 0.25) is 0 Å². The van der Waals surface area contributed by atoms with E-state index in [9.17, 15) is 28.8 Å². The number of nitrogens with zero attached hydrogens (tertiary/aromatic N) is 1. The Morgan fingerprint density at radius 3 is 2.62 bits per heavy atom. The number of piperidine rings is 1. The quantitative estimate of drug-likeness (QED) is 0.481. The van der Waals surface area contributed by atoms with Crippen molar-refractivity contribution < 1.29 is 33.5 Å². The molecule has 11 nitrogen and oxygen atoms in total. The van der Waals surface area contributed by atoms with Crippen molar-refractivity contribution in [3.05, 3.63) is 29.3 Å². The summed E-state index contributed by atoms with van der Waals surface area (Å²) in [7, 11) is 1.43. The van der Waals surface area contributed by atoms with E-state index in [4.69, 9.17) is 4.74 Å². The average Bonchev–Trinajstić information content (AvgIpc) is 2.95. The second-order valence-corrected chi connectivity index (χ2v) is 6.36. The first kappa shape index (κ1) is 20.0. The molecule has 1 fully saturated rings. The SMILES string of the molecule is CNC(=O)CNC(=O)COc1cccc2c1C(=O)N(C1CCC(=O)NC1=O)C2=O. The van der Waals surface area contributed by atoms with Crippen LogP contribution in [0.1, 0.15) is 33.6 Å². The molecule has 0 bridgehead atoms. The van der Waals surface area contributed by atoms with E-state index in [2.05, 4.69) is 16.0 Å². The van der Waals surface area contributed by atoms with Gasteiger partial charge in [-0.2, -0.15) is 0 Å². The Morgan fingerprint density at radius 2 is 1.93 bits per heavy atom. The lowest BCUT2D eigenvalue weighted by Crippen LogP contribution is -2.54. The maximum absolute atomic E-state index is 12.9. The zero-order chi connectivity index (χ0) is 21.1. The minimum absolute atomic E-state index is 0.00531. The average molecular weight is 402 g/mol. The molecule has 1 aromatic carbocycles. The molecule has 1 unspecified atom stereocenters. The third kappa shape index (κ3) is 3.93.